The summed E-state index contributed by atoms with van der Waals surface area (Å²) in [5.74, 6) is 3.33. The van der Waals surface area contributed by atoms with Gasteiger partial charge in [-0.25, -0.2) is 0 Å². The lowest BCUT2D eigenvalue weighted by atomic mass is 9.79. The topological polar surface area (TPSA) is 26.3 Å². The number of carbonyl (C=O) groups is 1. The van der Waals surface area contributed by atoms with E-state index >= 15 is 0 Å². The summed E-state index contributed by atoms with van der Waals surface area (Å²) in [7, 11) is 0. The third-order valence-corrected chi connectivity index (χ3v) is 7.48. The van der Waals surface area contributed by atoms with Crippen molar-refractivity contribution in [1.29, 1.82) is 0 Å². The van der Waals surface area contributed by atoms with E-state index in [9.17, 15) is 4.79 Å². The van der Waals surface area contributed by atoms with Crippen molar-refractivity contribution in [2.45, 2.75) is 97.3 Å². The lowest BCUT2D eigenvalue weighted by Gasteiger charge is -2.27. The molecule has 2 fully saturated rings. The SMILES string of the molecule is CCCc1ccc(OC(=O)C2CCC(/C=C/CCC3CCC(CC)CC3)CC2)cc1. The van der Waals surface area contributed by atoms with Crippen molar-refractivity contribution in [3.05, 3.63) is 42.0 Å². The second-order valence-corrected chi connectivity index (χ2v) is 9.73. The molecule has 0 bridgehead atoms. The zero-order valence-electron chi connectivity index (χ0n) is 19.3. The third-order valence-electron chi connectivity index (χ3n) is 7.48. The van der Waals surface area contributed by atoms with Crippen LogP contribution < -0.4 is 4.74 Å². The van der Waals surface area contributed by atoms with E-state index < -0.39 is 0 Å². The van der Waals surface area contributed by atoms with Crippen LogP contribution in [0.5, 0.6) is 5.75 Å². The predicted molar refractivity (Wildman–Crippen MR) is 126 cm³/mol. The molecule has 2 saturated carbocycles. The van der Waals surface area contributed by atoms with Crippen LogP contribution in [-0.2, 0) is 11.2 Å². The highest BCUT2D eigenvalue weighted by Crippen LogP contribution is 2.34. The zero-order chi connectivity index (χ0) is 21.2. The van der Waals surface area contributed by atoms with Gasteiger partial charge in [0.05, 0.1) is 5.92 Å². The number of hydrogen-bond acceptors (Lipinski definition) is 2. The number of hydrogen-bond donors (Lipinski definition) is 0. The molecule has 0 aromatic heterocycles. The highest BCUT2D eigenvalue weighted by molar-refractivity contribution is 5.75. The van der Waals surface area contributed by atoms with Crippen LogP contribution in [0, 0.1) is 23.7 Å². The fraction of sp³-hybridized carbons (Fsp3) is 0.679. The van der Waals surface area contributed by atoms with Crippen molar-refractivity contribution < 1.29 is 9.53 Å². The number of aryl methyl sites for hydroxylation is 1. The molecule has 0 amide bonds. The molecular formula is C28H42O2. The summed E-state index contributed by atoms with van der Waals surface area (Å²) in [5, 5.41) is 0. The van der Waals surface area contributed by atoms with Crippen LogP contribution in [0.15, 0.2) is 36.4 Å². The molecule has 1 aromatic carbocycles. The van der Waals surface area contributed by atoms with Gasteiger partial charge in [0.25, 0.3) is 0 Å². The van der Waals surface area contributed by atoms with Gasteiger partial charge in [-0.1, -0.05) is 76.7 Å². The molecule has 2 heteroatoms. The second kappa shape index (κ2) is 12.3. The Morgan fingerprint density at radius 1 is 0.933 bits per heavy atom. The number of benzene rings is 1. The minimum absolute atomic E-state index is 0.0386. The van der Waals surface area contributed by atoms with Crippen LogP contribution in [0.3, 0.4) is 0 Å². The van der Waals surface area contributed by atoms with Crippen LogP contribution in [-0.4, -0.2) is 5.97 Å². The van der Waals surface area contributed by atoms with Crippen molar-refractivity contribution in [2.24, 2.45) is 23.7 Å². The van der Waals surface area contributed by atoms with E-state index in [1.807, 2.05) is 12.1 Å². The highest BCUT2D eigenvalue weighted by atomic mass is 16.5. The van der Waals surface area contributed by atoms with Crippen LogP contribution >= 0.6 is 0 Å². The first kappa shape index (κ1) is 23.1. The van der Waals surface area contributed by atoms with Crippen LogP contribution in [0.25, 0.3) is 0 Å². The fourth-order valence-corrected chi connectivity index (χ4v) is 5.31. The van der Waals surface area contributed by atoms with Gasteiger partial charge >= 0.3 is 5.97 Å². The van der Waals surface area contributed by atoms with E-state index in [0.717, 1.165) is 50.4 Å². The van der Waals surface area contributed by atoms with Gasteiger partial charge in [-0.3, -0.25) is 4.79 Å². The number of rotatable bonds is 9. The molecule has 0 N–H and O–H groups in total. The van der Waals surface area contributed by atoms with Crippen LogP contribution in [0.4, 0.5) is 0 Å². The Kier molecular flexibility index (Phi) is 9.49. The van der Waals surface area contributed by atoms with E-state index in [-0.39, 0.29) is 11.9 Å². The molecular weight excluding hydrogens is 368 g/mol. The van der Waals surface area contributed by atoms with Gasteiger partial charge in [-0.15, -0.1) is 0 Å². The van der Waals surface area contributed by atoms with Gasteiger partial charge in [-0.2, -0.15) is 0 Å². The highest BCUT2D eigenvalue weighted by Gasteiger charge is 2.27. The van der Waals surface area contributed by atoms with Crippen LogP contribution in [0.1, 0.15) is 96.5 Å². The minimum Gasteiger partial charge on any atom is -0.426 e. The maximum atomic E-state index is 12.5. The average Bonchev–Trinajstić information content (AvgIpc) is 2.79. The molecule has 2 aliphatic rings. The lowest BCUT2D eigenvalue weighted by Crippen LogP contribution is -2.25. The number of carbonyl (C=O) groups excluding carboxylic acids is 1. The van der Waals surface area contributed by atoms with Gasteiger partial charge in [0.2, 0.25) is 0 Å². The van der Waals surface area contributed by atoms with Gasteiger partial charge in [0.15, 0.2) is 0 Å². The summed E-state index contributed by atoms with van der Waals surface area (Å²) in [6, 6.07) is 8.02. The Labute approximate surface area is 184 Å². The predicted octanol–water partition coefficient (Wildman–Crippen LogP) is 7.90. The summed E-state index contributed by atoms with van der Waals surface area (Å²) in [6.45, 7) is 4.52. The van der Waals surface area contributed by atoms with Crippen molar-refractivity contribution >= 4 is 5.97 Å². The normalized spacial score (nSPS) is 27.3. The molecule has 30 heavy (non-hydrogen) atoms. The van der Waals surface area contributed by atoms with Gasteiger partial charge < -0.3 is 4.74 Å². The molecule has 3 rings (SSSR count). The third kappa shape index (κ3) is 7.29. The Bertz CT molecular complexity index is 644. The Hall–Kier alpha value is -1.57. The summed E-state index contributed by atoms with van der Waals surface area (Å²) in [4.78, 5) is 12.5. The first-order valence-electron chi connectivity index (χ1n) is 12.6. The lowest BCUT2D eigenvalue weighted by molar-refractivity contribution is -0.140. The molecule has 0 heterocycles. The molecule has 0 atom stereocenters. The molecule has 166 valence electrons. The zero-order valence-corrected chi connectivity index (χ0v) is 19.3. The van der Waals surface area contributed by atoms with E-state index in [1.165, 1.54) is 50.5 Å². The average molecular weight is 411 g/mol. The molecule has 0 unspecified atom stereocenters. The summed E-state index contributed by atoms with van der Waals surface area (Å²) in [6.07, 6.45) is 21.0. The summed E-state index contributed by atoms with van der Waals surface area (Å²) in [5.41, 5.74) is 1.30. The molecule has 0 spiro atoms. The molecule has 2 nitrogen and oxygen atoms in total. The van der Waals surface area contributed by atoms with Gasteiger partial charge in [-0.05, 0) is 80.4 Å². The van der Waals surface area contributed by atoms with Crippen molar-refractivity contribution in [1.82, 2.24) is 0 Å². The second-order valence-electron chi connectivity index (χ2n) is 9.73. The maximum absolute atomic E-state index is 12.5. The molecule has 0 aliphatic heterocycles. The van der Waals surface area contributed by atoms with Gasteiger partial charge in [0, 0.05) is 0 Å². The monoisotopic (exact) mass is 410 g/mol. The number of ether oxygens (including phenoxy) is 1. The quantitative estimate of drug-likeness (QED) is 0.235. The van der Waals surface area contributed by atoms with Crippen molar-refractivity contribution in [3.63, 3.8) is 0 Å². The Morgan fingerprint density at radius 3 is 2.23 bits per heavy atom. The van der Waals surface area contributed by atoms with Gasteiger partial charge in [0.1, 0.15) is 5.75 Å². The minimum atomic E-state index is -0.0386. The summed E-state index contributed by atoms with van der Waals surface area (Å²) >= 11 is 0. The van der Waals surface area contributed by atoms with E-state index in [2.05, 4.69) is 38.1 Å². The van der Waals surface area contributed by atoms with E-state index in [4.69, 9.17) is 4.74 Å². The first-order valence-corrected chi connectivity index (χ1v) is 12.6. The standard InChI is InChI=1S/C28H42O2/c1-3-7-23-16-20-27(21-17-23)30-28(29)26-18-14-25(15-19-26)9-6-5-8-24-12-10-22(4-2)11-13-24/h6,9,16-17,20-22,24-26H,3-5,7-8,10-15,18-19H2,1-2H3/b9-6+. The molecule has 1 aromatic rings. The van der Waals surface area contributed by atoms with Crippen molar-refractivity contribution in [3.8, 4) is 5.75 Å². The number of esters is 1. The Balaban J connectivity index is 1.32. The molecule has 2 aliphatic carbocycles. The fourth-order valence-electron chi connectivity index (χ4n) is 5.31. The summed E-state index contributed by atoms with van der Waals surface area (Å²) < 4.78 is 5.65. The molecule has 0 saturated heterocycles. The van der Waals surface area contributed by atoms with E-state index in [1.54, 1.807) is 0 Å². The van der Waals surface area contributed by atoms with E-state index in [0.29, 0.717) is 11.7 Å². The maximum Gasteiger partial charge on any atom is 0.314 e. The van der Waals surface area contributed by atoms with Crippen LogP contribution in [0.2, 0.25) is 0 Å². The largest absolute Gasteiger partial charge is 0.426 e. The number of allylic oxidation sites excluding steroid dienone is 2. The Morgan fingerprint density at radius 2 is 1.60 bits per heavy atom. The first-order chi connectivity index (χ1) is 14.7. The smallest absolute Gasteiger partial charge is 0.314 e. The molecule has 0 radical (unpaired) electrons. The van der Waals surface area contributed by atoms with Crippen molar-refractivity contribution in [2.75, 3.05) is 0 Å².